The topological polar surface area (TPSA) is 59.0 Å². The van der Waals surface area contributed by atoms with Crippen LogP contribution in [0.15, 0.2) is 22.7 Å². The Morgan fingerprint density at radius 2 is 2.18 bits per heavy atom. The van der Waals surface area contributed by atoms with Gasteiger partial charge in [0.05, 0.1) is 22.6 Å². The Balaban J connectivity index is 2.67. The fourth-order valence-corrected chi connectivity index (χ4v) is 1.86. The molecule has 1 aromatic rings. The molecule has 1 rings (SSSR count). The zero-order chi connectivity index (χ0) is 12.9. The van der Waals surface area contributed by atoms with Crippen LogP contribution < -0.4 is 10.5 Å². The molecule has 2 N–H and O–H groups in total. The number of hydrogen-bond donors (Lipinski definition) is 1. The van der Waals surface area contributed by atoms with Gasteiger partial charge in [-0.05, 0) is 42.3 Å². The number of nitrogens with zero attached hydrogens (tertiary/aromatic N) is 1. The molecule has 0 amide bonds. The minimum Gasteiger partial charge on any atom is -0.492 e. The highest BCUT2D eigenvalue weighted by Gasteiger charge is 2.17. The van der Waals surface area contributed by atoms with Crippen LogP contribution in [0.5, 0.6) is 5.75 Å². The van der Waals surface area contributed by atoms with Crippen molar-refractivity contribution >= 4 is 15.9 Å². The number of halogens is 1. The summed E-state index contributed by atoms with van der Waals surface area (Å²) >= 11 is 3.44. The van der Waals surface area contributed by atoms with Gasteiger partial charge in [-0.1, -0.05) is 12.1 Å². The normalized spacial score (nSPS) is 11.0. The molecule has 0 fully saturated rings. The van der Waals surface area contributed by atoms with Gasteiger partial charge < -0.3 is 10.5 Å². The molecule has 0 aromatic heterocycles. The zero-order valence-electron chi connectivity index (χ0n) is 10.2. The molecule has 4 heteroatoms. The summed E-state index contributed by atoms with van der Waals surface area (Å²) in [6, 6.07) is 8.04. The van der Waals surface area contributed by atoms with Gasteiger partial charge in [-0.2, -0.15) is 5.26 Å². The Bertz CT molecular complexity index is 424. The second-order valence-electron chi connectivity index (χ2n) is 4.53. The van der Waals surface area contributed by atoms with Gasteiger partial charge in [-0.3, -0.25) is 0 Å². The van der Waals surface area contributed by atoms with E-state index in [9.17, 15) is 0 Å². The monoisotopic (exact) mass is 296 g/mol. The molecule has 0 heterocycles. The van der Waals surface area contributed by atoms with Crippen LogP contribution in [0.25, 0.3) is 0 Å². The molecule has 92 valence electrons. The van der Waals surface area contributed by atoms with Crippen molar-refractivity contribution in [1.82, 2.24) is 0 Å². The van der Waals surface area contributed by atoms with Crippen molar-refractivity contribution in [3.8, 4) is 11.8 Å². The summed E-state index contributed by atoms with van der Waals surface area (Å²) in [6.45, 7) is 4.76. The minimum absolute atomic E-state index is 0.357. The average Bonchev–Trinajstić information content (AvgIpc) is 2.31. The van der Waals surface area contributed by atoms with Gasteiger partial charge in [0.2, 0.25) is 0 Å². The van der Waals surface area contributed by atoms with Gasteiger partial charge in [0, 0.05) is 12.1 Å². The summed E-state index contributed by atoms with van der Waals surface area (Å²) in [4.78, 5) is 0. The van der Waals surface area contributed by atoms with Crippen molar-refractivity contribution in [2.45, 2.75) is 26.8 Å². The first-order chi connectivity index (χ1) is 8.00. The number of nitrogens with two attached hydrogens (primary N) is 1. The first-order valence-electron chi connectivity index (χ1n) is 5.51. The van der Waals surface area contributed by atoms with E-state index in [1.54, 1.807) is 0 Å². The maximum Gasteiger partial charge on any atom is 0.137 e. The van der Waals surface area contributed by atoms with Crippen molar-refractivity contribution < 1.29 is 4.74 Å². The van der Waals surface area contributed by atoms with Gasteiger partial charge in [0.1, 0.15) is 5.75 Å². The summed E-state index contributed by atoms with van der Waals surface area (Å²) in [7, 11) is 0. The molecular weight excluding hydrogens is 280 g/mol. The quantitative estimate of drug-likeness (QED) is 0.907. The first-order valence-corrected chi connectivity index (χ1v) is 6.31. The van der Waals surface area contributed by atoms with Crippen LogP contribution in [-0.4, -0.2) is 6.61 Å². The largest absolute Gasteiger partial charge is 0.492 e. The Morgan fingerprint density at radius 3 is 2.76 bits per heavy atom. The van der Waals surface area contributed by atoms with E-state index in [4.69, 9.17) is 15.7 Å². The third-order valence-electron chi connectivity index (χ3n) is 2.54. The number of hydrogen-bond acceptors (Lipinski definition) is 3. The van der Waals surface area contributed by atoms with Crippen LogP contribution in [0.4, 0.5) is 0 Å². The lowest BCUT2D eigenvalue weighted by Gasteiger charge is -2.17. The van der Waals surface area contributed by atoms with Gasteiger partial charge in [-0.15, -0.1) is 0 Å². The summed E-state index contributed by atoms with van der Waals surface area (Å²) in [5.74, 6) is 0.781. The van der Waals surface area contributed by atoms with Crippen LogP contribution >= 0.6 is 15.9 Å². The van der Waals surface area contributed by atoms with Crippen LogP contribution in [0.3, 0.4) is 0 Å². The maximum absolute atomic E-state index is 8.91. The van der Waals surface area contributed by atoms with Gasteiger partial charge in [0.15, 0.2) is 0 Å². The van der Waals surface area contributed by atoms with E-state index in [1.807, 2.05) is 32.0 Å². The first kappa shape index (κ1) is 14.0. The molecule has 1 aromatic carbocycles. The summed E-state index contributed by atoms with van der Waals surface area (Å²) < 4.78 is 6.62. The van der Waals surface area contributed by atoms with E-state index >= 15 is 0 Å². The van der Waals surface area contributed by atoms with Crippen LogP contribution in [-0.2, 0) is 6.54 Å². The Morgan fingerprint density at radius 1 is 1.47 bits per heavy atom. The SMILES string of the molecule is CC(C)(C#N)CCOc1c(Br)cccc1CN. The van der Waals surface area contributed by atoms with Crippen LogP contribution in [0, 0.1) is 16.7 Å². The molecule has 0 aliphatic rings. The highest BCUT2D eigenvalue weighted by molar-refractivity contribution is 9.10. The van der Waals surface area contributed by atoms with Crippen LogP contribution in [0.2, 0.25) is 0 Å². The lowest BCUT2D eigenvalue weighted by Crippen LogP contribution is -2.14. The number of rotatable bonds is 5. The number of nitriles is 1. The molecule has 0 radical (unpaired) electrons. The lowest BCUT2D eigenvalue weighted by atomic mass is 9.92. The highest BCUT2D eigenvalue weighted by Crippen LogP contribution is 2.29. The van der Waals surface area contributed by atoms with Crippen molar-refractivity contribution in [3.63, 3.8) is 0 Å². The van der Waals surface area contributed by atoms with Crippen molar-refractivity contribution in [2.24, 2.45) is 11.1 Å². The third-order valence-corrected chi connectivity index (χ3v) is 3.17. The fourth-order valence-electron chi connectivity index (χ4n) is 1.34. The number of para-hydroxylation sites is 1. The molecule has 3 nitrogen and oxygen atoms in total. The smallest absolute Gasteiger partial charge is 0.137 e. The molecule has 0 aliphatic heterocycles. The average molecular weight is 297 g/mol. The number of benzene rings is 1. The maximum atomic E-state index is 8.91. The molecule has 0 saturated carbocycles. The van der Waals surface area contributed by atoms with Crippen molar-refractivity contribution in [3.05, 3.63) is 28.2 Å². The molecule has 0 aliphatic carbocycles. The Hall–Kier alpha value is -1.05. The van der Waals surface area contributed by atoms with E-state index in [2.05, 4.69) is 22.0 Å². The third kappa shape index (κ3) is 4.03. The van der Waals surface area contributed by atoms with Gasteiger partial charge >= 0.3 is 0 Å². The van der Waals surface area contributed by atoms with E-state index in [1.165, 1.54) is 0 Å². The van der Waals surface area contributed by atoms with Gasteiger partial charge in [0.25, 0.3) is 0 Å². The summed E-state index contributed by atoms with van der Waals surface area (Å²) in [6.07, 6.45) is 0.689. The predicted molar refractivity (Wildman–Crippen MR) is 71.5 cm³/mol. The Labute approximate surface area is 111 Å². The van der Waals surface area contributed by atoms with Gasteiger partial charge in [-0.25, -0.2) is 0 Å². The molecule has 0 saturated heterocycles. The highest BCUT2D eigenvalue weighted by atomic mass is 79.9. The summed E-state index contributed by atoms with van der Waals surface area (Å²) in [5.41, 5.74) is 6.26. The summed E-state index contributed by atoms with van der Waals surface area (Å²) in [5, 5.41) is 8.91. The molecule has 0 unspecified atom stereocenters. The second kappa shape index (κ2) is 6.04. The fraction of sp³-hybridized carbons (Fsp3) is 0.462. The molecule has 0 bridgehead atoms. The minimum atomic E-state index is -0.357. The predicted octanol–water partition coefficient (Wildman–Crippen LogP) is 3.23. The molecular formula is C13H17BrN2O. The lowest BCUT2D eigenvalue weighted by molar-refractivity contribution is 0.261. The van der Waals surface area contributed by atoms with Crippen molar-refractivity contribution in [1.29, 1.82) is 5.26 Å². The van der Waals surface area contributed by atoms with Crippen LogP contribution in [0.1, 0.15) is 25.8 Å². The van der Waals surface area contributed by atoms with E-state index in [0.29, 0.717) is 19.6 Å². The second-order valence-corrected chi connectivity index (χ2v) is 5.38. The van der Waals surface area contributed by atoms with E-state index < -0.39 is 0 Å². The van der Waals surface area contributed by atoms with Crippen molar-refractivity contribution in [2.75, 3.05) is 6.61 Å². The van der Waals surface area contributed by atoms with E-state index in [-0.39, 0.29) is 5.41 Å². The molecule has 17 heavy (non-hydrogen) atoms. The van der Waals surface area contributed by atoms with E-state index in [0.717, 1.165) is 15.8 Å². The zero-order valence-corrected chi connectivity index (χ0v) is 11.8. The molecule has 0 spiro atoms. The molecule has 0 atom stereocenters. The Kier molecular flexibility index (Phi) is 4.98. The number of ether oxygens (including phenoxy) is 1. The standard InChI is InChI=1S/C13H17BrN2O/c1-13(2,9-16)6-7-17-12-10(8-15)4-3-5-11(12)14/h3-5H,6-8,15H2,1-2H3.